The van der Waals surface area contributed by atoms with Gasteiger partial charge in [0.15, 0.2) is 0 Å². The number of hydrogen-bond donors (Lipinski definition) is 1. The van der Waals surface area contributed by atoms with Gasteiger partial charge in [0.2, 0.25) is 11.8 Å². The van der Waals surface area contributed by atoms with Gasteiger partial charge in [-0.25, -0.2) is 4.39 Å². The van der Waals surface area contributed by atoms with E-state index in [1.165, 1.54) is 12.1 Å². The summed E-state index contributed by atoms with van der Waals surface area (Å²) in [7, 11) is 0. The van der Waals surface area contributed by atoms with Gasteiger partial charge >= 0.3 is 0 Å². The van der Waals surface area contributed by atoms with Crippen molar-refractivity contribution in [3.05, 3.63) is 71.5 Å². The van der Waals surface area contributed by atoms with E-state index in [2.05, 4.69) is 5.32 Å². The summed E-state index contributed by atoms with van der Waals surface area (Å²) in [6.45, 7) is 1.60. The molecule has 1 atom stereocenters. The first kappa shape index (κ1) is 16.8. The van der Waals surface area contributed by atoms with Crippen molar-refractivity contribution in [3.63, 3.8) is 0 Å². The van der Waals surface area contributed by atoms with Gasteiger partial charge in [-0.15, -0.1) is 0 Å². The molecule has 2 aliphatic heterocycles. The molecule has 0 aromatic heterocycles. The van der Waals surface area contributed by atoms with Crippen LogP contribution in [0.3, 0.4) is 0 Å². The quantitative estimate of drug-likeness (QED) is 0.923. The maximum atomic E-state index is 13.4. The average Bonchev–Trinajstić information content (AvgIpc) is 2.63. The number of halogens is 1. The molecule has 5 heteroatoms. The van der Waals surface area contributed by atoms with Crippen LogP contribution in [0.5, 0.6) is 0 Å². The molecule has 2 aromatic rings. The first-order chi connectivity index (χ1) is 12.6. The van der Waals surface area contributed by atoms with Crippen molar-refractivity contribution in [3.8, 4) is 0 Å². The summed E-state index contributed by atoms with van der Waals surface area (Å²) >= 11 is 0. The fraction of sp³-hybridized carbons (Fsp3) is 0.333. The molecule has 4 rings (SSSR count). The molecule has 0 radical (unpaired) electrons. The molecule has 2 saturated heterocycles. The molecule has 1 unspecified atom stereocenters. The van der Waals surface area contributed by atoms with Gasteiger partial charge in [-0.2, -0.15) is 0 Å². The van der Waals surface area contributed by atoms with Crippen LogP contribution in [0.4, 0.5) is 4.39 Å². The van der Waals surface area contributed by atoms with Crippen LogP contribution in [0.15, 0.2) is 54.6 Å². The monoisotopic (exact) mass is 352 g/mol. The molecule has 1 N–H and O–H groups in total. The number of benzene rings is 2. The normalized spacial score (nSPS) is 23.3. The molecule has 0 saturated carbocycles. The lowest BCUT2D eigenvalue weighted by Gasteiger charge is -2.46. The lowest BCUT2D eigenvalue weighted by molar-refractivity contribution is -0.144. The van der Waals surface area contributed by atoms with Crippen molar-refractivity contribution in [1.29, 1.82) is 0 Å². The third-order valence-corrected chi connectivity index (χ3v) is 5.61. The number of likely N-dealkylation sites (tertiary alicyclic amines) is 1. The lowest BCUT2D eigenvalue weighted by atomic mass is 9.72. The molecule has 0 aliphatic carbocycles. The highest BCUT2D eigenvalue weighted by Crippen LogP contribution is 2.37. The lowest BCUT2D eigenvalue weighted by Crippen LogP contribution is -2.60. The van der Waals surface area contributed by atoms with Gasteiger partial charge in [0.25, 0.3) is 0 Å². The Morgan fingerprint density at radius 2 is 1.77 bits per heavy atom. The number of hydrogen-bond acceptors (Lipinski definition) is 2. The number of amides is 2. The zero-order valence-corrected chi connectivity index (χ0v) is 14.5. The molecule has 134 valence electrons. The second-order valence-electron chi connectivity index (χ2n) is 7.18. The first-order valence-electron chi connectivity index (χ1n) is 8.95. The molecule has 4 nitrogen and oxygen atoms in total. The molecule has 2 aromatic carbocycles. The number of nitrogens with one attached hydrogen (secondary N) is 1. The highest BCUT2D eigenvalue weighted by molar-refractivity contribution is 5.92. The zero-order chi connectivity index (χ0) is 18.1. The van der Waals surface area contributed by atoms with Crippen LogP contribution >= 0.6 is 0 Å². The summed E-state index contributed by atoms with van der Waals surface area (Å²) in [5, 5.41) is 2.88. The summed E-state index contributed by atoms with van der Waals surface area (Å²) in [4.78, 5) is 26.9. The molecule has 2 fully saturated rings. The van der Waals surface area contributed by atoms with Crippen LogP contribution in [0.2, 0.25) is 0 Å². The molecule has 0 bridgehead atoms. The third kappa shape index (κ3) is 2.87. The highest BCUT2D eigenvalue weighted by atomic mass is 19.1. The van der Waals surface area contributed by atoms with E-state index in [9.17, 15) is 14.0 Å². The van der Waals surface area contributed by atoms with E-state index in [0.29, 0.717) is 32.5 Å². The number of carbonyl (C=O) groups excluding carboxylic acids is 2. The minimum atomic E-state index is -0.692. The van der Waals surface area contributed by atoms with Gasteiger partial charge in [0.05, 0.1) is 5.41 Å². The Labute approximate surface area is 152 Å². The Balaban J connectivity index is 1.53. The van der Waals surface area contributed by atoms with E-state index in [1.54, 1.807) is 12.1 Å². The van der Waals surface area contributed by atoms with E-state index >= 15 is 0 Å². The average molecular weight is 352 g/mol. The van der Waals surface area contributed by atoms with E-state index < -0.39 is 5.41 Å². The molecule has 0 spiro atoms. The van der Waals surface area contributed by atoms with Crippen LogP contribution in [0.1, 0.15) is 29.9 Å². The second-order valence-corrected chi connectivity index (χ2v) is 7.18. The van der Waals surface area contributed by atoms with Crippen LogP contribution < -0.4 is 5.32 Å². The minimum Gasteiger partial charge on any atom is -0.355 e. The summed E-state index contributed by atoms with van der Waals surface area (Å²) in [5.74, 6) is 0.0618. The number of nitrogens with zero attached hydrogens (tertiary/aromatic N) is 1. The molecular weight excluding hydrogens is 331 g/mol. The Morgan fingerprint density at radius 3 is 2.38 bits per heavy atom. The van der Waals surface area contributed by atoms with E-state index in [0.717, 1.165) is 11.1 Å². The summed E-state index contributed by atoms with van der Waals surface area (Å²) in [6.07, 6.45) is 0.884. The molecule has 2 amide bonds. The van der Waals surface area contributed by atoms with Crippen molar-refractivity contribution >= 4 is 11.8 Å². The number of carbonyl (C=O) groups is 2. The summed E-state index contributed by atoms with van der Waals surface area (Å²) in [5.41, 5.74) is 1.32. The standard InChI is InChI=1S/C21H21FN2O2/c22-18-8-6-15(7-9-18)16-12-24(13-16)20(26)21(11-10-19(25)23-14-21)17-4-2-1-3-5-17/h1-9,16H,10-14H2,(H,23,25). The van der Waals surface area contributed by atoms with Crippen LogP contribution in [-0.4, -0.2) is 36.3 Å². The highest BCUT2D eigenvalue weighted by Gasteiger charge is 2.48. The zero-order valence-electron chi connectivity index (χ0n) is 14.5. The van der Waals surface area contributed by atoms with E-state index in [4.69, 9.17) is 0 Å². The minimum absolute atomic E-state index is 0.00263. The van der Waals surface area contributed by atoms with Crippen molar-refractivity contribution in [2.24, 2.45) is 0 Å². The predicted octanol–water partition coefficient (Wildman–Crippen LogP) is 2.60. The molecule has 2 aliphatic rings. The molecule has 26 heavy (non-hydrogen) atoms. The van der Waals surface area contributed by atoms with Crippen molar-refractivity contribution in [2.45, 2.75) is 24.2 Å². The van der Waals surface area contributed by atoms with Gasteiger partial charge < -0.3 is 10.2 Å². The van der Waals surface area contributed by atoms with Gasteiger partial charge in [0.1, 0.15) is 5.82 Å². The SMILES string of the molecule is O=C1CCC(C(=O)N2CC(c3ccc(F)cc3)C2)(c2ccccc2)CN1. The van der Waals surface area contributed by atoms with E-state index in [-0.39, 0.29) is 23.5 Å². The van der Waals surface area contributed by atoms with Crippen molar-refractivity contribution < 1.29 is 14.0 Å². The maximum Gasteiger partial charge on any atom is 0.235 e. The van der Waals surface area contributed by atoms with Gasteiger partial charge in [-0.05, 0) is 29.7 Å². The Kier molecular flexibility index (Phi) is 4.23. The van der Waals surface area contributed by atoms with Crippen LogP contribution in [0, 0.1) is 5.82 Å². The smallest absolute Gasteiger partial charge is 0.235 e. The predicted molar refractivity (Wildman–Crippen MR) is 96.1 cm³/mol. The van der Waals surface area contributed by atoms with Crippen LogP contribution in [-0.2, 0) is 15.0 Å². The third-order valence-electron chi connectivity index (χ3n) is 5.61. The van der Waals surface area contributed by atoms with Crippen molar-refractivity contribution in [2.75, 3.05) is 19.6 Å². The Hall–Kier alpha value is -2.69. The fourth-order valence-electron chi connectivity index (χ4n) is 3.96. The Morgan fingerprint density at radius 1 is 1.08 bits per heavy atom. The van der Waals surface area contributed by atoms with Gasteiger partial charge in [-0.1, -0.05) is 42.5 Å². The largest absolute Gasteiger partial charge is 0.355 e. The molecular formula is C21H21FN2O2. The summed E-state index contributed by atoms with van der Waals surface area (Å²) < 4.78 is 13.1. The second kappa shape index (κ2) is 6.56. The summed E-state index contributed by atoms with van der Waals surface area (Å²) in [6, 6.07) is 16.2. The maximum absolute atomic E-state index is 13.4. The topological polar surface area (TPSA) is 49.4 Å². The number of rotatable bonds is 3. The first-order valence-corrected chi connectivity index (χ1v) is 8.95. The Bertz CT molecular complexity index is 804. The molecule has 2 heterocycles. The van der Waals surface area contributed by atoms with Gasteiger partial charge in [0, 0.05) is 32.0 Å². The van der Waals surface area contributed by atoms with E-state index in [1.807, 2.05) is 35.2 Å². The van der Waals surface area contributed by atoms with Crippen LogP contribution in [0.25, 0.3) is 0 Å². The fourth-order valence-corrected chi connectivity index (χ4v) is 3.96. The van der Waals surface area contributed by atoms with Gasteiger partial charge in [-0.3, -0.25) is 9.59 Å². The van der Waals surface area contributed by atoms with Crippen molar-refractivity contribution in [1.82, 2.24) is 10.2 Å². The number of piperidine rings is 1.